The van der Waals surface area contributed by atoms with Gasteiger partial charge in [0.25, 0.3) is 0 Å². The second-order valence-corrected chi connectivity index (χ2v) is 9.25. The number of nitrogens with zero attached hydrogens (tertiary/aromatic N) is 3. The zero-order chi connectivity index (χ0) is 24.7. The van der Waals surface area contributed by atoms with E-state index in [9.17, 15) is 14.0 Å². The van der Waals surface area contributed by atoms with Gasteiger partial charge in [-0.2, -0.15) is 0 Å². The molecular weight excluding hydrogens is 479 g/mol. The van der Waals surface area contributed by atoms with Crippen molar-refractivity contribution in [2.75, 3.05) is 17.7 Å². The van der Waals surface area contributed by atoms with Gasteiger partial charge in [0.15, 0.2) is 11.0 Å². The summed E-state index contributed by atoms with van der Waals surface area (Å²) in [5, 5.41) is 12.1. The van der Waals surface area contributed by atoms with Gasteiger partial charge < -0.3 is 14.8 Å². The van der Waals surface area contributed by atoms with Crippen molar-refractivity contribution in [3.05, 3.63) is 64.6 Å². The number of carbonyl (C=O) groups excluding carboxylic acids is 2. The molecule has 0 spiro atoms. The first-order chi connectivity index (χ1) is 16.3. The molecule has 0 aliphatic rings. The first-order valence-corrected chi connectivity index (χ1v) is 12.2. The van der Waals surface area contributed by atoms with E-state index in [2.05, 4.69) is 22.1 Å². The van der Waals surface area contributed by atoms with E-state index in [-0.39, 0.29) is 30.7 Å². The predicted molar refractivity (Wildman–Crippen MR) is 130 cm³/mol. The normalized spacial score (nSPS) is 10.7. The number of anilines is 1. The topological polar surface area (TPSA) is 95.3 Å². The first-order valence-electron chi connectivity index (χ1n) is 10.4. The van der Waals surface area contributed by atoms with Gasteiger partial charge in [0.05, 0.1) is 17.9 Å². The Morgan fingerprint density at radius 2 is 2.00 bits per heavy atom. The van der Waals surface area contributed by atoms with Gasteiger partial charge in [0.2, 0.25) is 5.91 Å². The lowest BCUT2D eigenvalue weighted by Gasteiger charge is -2.09. The average molecular weight is 505 g/mol. The van der Waals surface area contributed by atoms with Gasteiger partial charge in [-0.1, -0.05) is 17.8 Å². The number of aromatic nitrogens is 3. The lowest BCUT2D eigenvalue weighted by molar-refractivity contribution is -0.113. The Bertz CT molecular complexity index is 1170. The van der Waals surface area contributed by atoms with Crippen LogP contribution in [0.1, 0.15) is 33.5 Å². The molecule has 3 rings (SSSR count). The van der Waals surface area contributed by atoms with E-state index in [0.717, 1.165) is 10.4 Å². The van der Waals surface area contributed by atoms with Crippen molar-refractivity contribution in [2.24, 2.45) is 0 Å². The smallest absolute Gasteiger partial charge is 0.341 e. The predicted octanol–water partition coefficient (Wildman–Crippen LogP) is 4.77. The number of allylic oxidation sites excluding steroid dienone is 1. The number of hydrogen-bond donors (Lipinski definition) is 1. The molecule has 2 aromatic heterocycles. The summed E-state index contributed by atoms with van der Waals surface area (Å²) in [6, 6.07) is 5.69. The number of ether oxygens (including phenoxy) is 2. The summed E-state index contributed by atoms with van der Waals surface area (Å²) >= 11 is 2.54. The molecule has 0 radical (unpaired) electrons. The molecule has 0 saturated carbocycles. The molecule has 2 heterocycles. The van der Waals surface area contributed by atoms with Crippen molar-refractivity contribution in [1.29, 1.82) is 0 Å². The number of halogens is 1. The molecule has 0 aliphatic heterocycles. The van der Waals surface area contributed by atoms with Crippen LogP contribution in [0.5, 0.6) is 5.75 Å². The highest BCUT2D eigenvalue weighted by Crippen LogP contribution is 2.33. The Morgan fingerprint density at radius 1 is 1.26 bits per heavy atom. The molecule has 34 heavy (non-hydrogen) atoms. The number of thiophene rings is 1. The first kappa shape index (κ1) is 25.4. The van der Waals surface area contributed by atoms with Gasteiger partial charge in [-0.15, -0.1) is 28.1 Å². The number of amides is 1. The zero-order valence-electron chi connectivity index (χ0n) is 19.1. The van der Waals surface area contributed by atoms with Crippen LogP contribution >= 0.6 is 23.1 Å². The minimum Gasteiger partial charge on any atom is -0.486 e. The molecule has 1 amide bonds. The second kappa shape index (κ2) is 11.8. The summed E-state index contributed by atoms with van der Waals surface area (Å²) < 4.78 is 25.7. The Balaban J connectivity index is 1.65. The standard InChI is InChI=1S/C23H25FN4O4S2/c1-5-11-28-18(12-32-17-9-7-16(24)8-10-17)26-27-23(28)33-13-19(29)25-21-20(22(30)31-6-2)14(3)15(4)34-21/h5,7-10H,1,6,11-13H2,2-4H3,(H,25,29). The number of thioether (sulfide) groups is 1. The van der Waals surface area contributed by atoms with Crippen molar-refractivity contribution >= 4 is 40.0 Å². The van der Waals surface area contributed by atoms with E-state index in [1.807, 2.05) is 13.8 Å². The number of hydrogen-bond acceptors (Lipinski definition) is 8. The highest BCUT2D eigenvalue weighted by Gasteiger charge is 2.22. The number of carbonyl (C=O) groups is 2. The fourth-order valence-corrected chi connectivity index (χ4v) is 4.81. The maximum absolute atomic E-state index is 13.1. The molecule has 11 heteroatoms. The van der Waals surface area contributed by atoms with Crippen molar-refractivity contribution in [2.45, 2.75) is 39.1 Å². The summed E-state index contributed by atoms with van der Waals surface area (Å²) in [5.41, 5.74) is 1.18. The molecule has 0 aliphatic carbocycles. The maximum Gasteiger partial charge on any atom is 0.341 e. The van der Waals surface area contributed by atoms with Gasteiger partial charge in [-0.3, -0.25) is 9.36 Å². The molecule has 0 bridgehead atoms. The lowest BCUT2D eigenvalue weighted by atomic mass is 10.1. The van der Waals surface area contributed by atoms with Crippen LogP contribution in [-0.4, -0.2) is 39.0 Å². The summed E-state index contributed by atoms with van der Waals surface area (Å²) in [7, 11) is 0. The number of esters is 1. The minimum atomic E-state index is -0.455. The molecule has 1 N–H and O–H groups in total. The summed E-state index contributed by atoms with van der Waals surface area (Å²) in [6.45, 7) is 10.0. The van der Waals surface area contributed by atoms with Crippen molar-refractivity contribution < 1.29 is 23.5 Å². The van der Waals surface area contributed by atoms with Crippen LogP contribution in [0.25, 0.3) is 0 Å². The molecule has 0 saturated heterocycles. The average Bonchev–Trinajstić information content (AvgIpc) is 3.31. The van der Waals surface area contributed by atoms with Gasteiger partial charge in [-0.05, 0) is 50.6 Å². The molecular formula is C23H25FN4O4S2. The van der Waals surface area contributed by atoms with E-state index in [4.69, 9.17) is 9.47 Å². The third-order valence-corrected chi connectivity index (χ3v) is 6.83. The molecule has 3 aromatic rings. The molecule has 8 nitrogen and oxygen atoms in total. The SMILES string of the molecule is C=CCn1c(COc2ccc(F)cc2)nnc1SCC(=O)Nc1sc(C)c(C)c1C(=O)OCC. The molecule has 0 atom stereocenters. The summed E-state index contributed by atoms with van der Waals surface area (Å²) in [4.78, 5) is 25.9. The van der Waals surface area contributed by atoms with E-state index in [0.29, 0.717) is 33.8 Å². The number of benzene rings is 1. The van der Waals surface area contributed by atoms with Crippen LogP contribution in [0.3, 0.4) is 0 Å². The van der Waals surface area contributed by atoms with E-state index in [1.54, 1.807) is 17.6 Å². The number of rotatable bonds is 11. The number of aryl methyl sites for hydroxylation is 1. The highest BCUT2D eigenvalue weighted by atomic mass is 32.2. The van der Waals surface area contributed by atoms with Gasteiger partial charge >= 0.3 is 5.97 Å². The largest absolute Gasteiger partial charge is 0.486 e. The van der Waals surface area contributed by atoms with E-state index >= 15 is 0 Å². The van der Waals surface area contributed by atoms with Crippen LogP contribution in [0.2, 0.25) is 0 Å². The Morgan fingerprint density at radius 3 is 2.68 bits per heavy atom. The van der Waals surface area contributed by atoms with Crippen LogP contribution in [0, 0.1) is 19.7 Å². The molecule has 0 unspecified atom stereocenters. The van der Waals surface area contributed by atoms with Crippen LogP contribution in [-0.2, 0) is 22.7 Å². The number of nitrogens with one attached hydrogen (secondary N) is 1. The Kier molecular flexibility index (Phi) is 8.83. The highest BCUT2D eigenvalue weighted by molar-refractivity contribution is 7.99. The third-order valence-electron chi connectivity index (χ3n) is 4.74. The van der Waals surface area contributed by atoms with Crippen molar-refractivity contribution in [1.82, 2.24) is 14.8 Å². The van der Waals surface area contributed by atoms with Crippen molar-refractivity contribution in [3.8, 4) is 5.75 Å². The fraction of sp³-hybridized carbons (Fsp3) is 0.304. The Hall–Kier alpha value is -3.18. The maximum atomic E-state index is 13.1. The van der Waals surface area contributed by atoms with Gasteiger partial charge in [0.1, 0.15) is 23.2 Å². The zero-order valence-corrected chi connectivity index (χ0v) is 20.7. The molecule has 1 aromatic carbocycles. The summed E-state index contributed by atoms with van der Waals surface area (Å²) in [6.07, 6.45) is 1.69. The van der Waals surface area contributed by atoms with Crippen LogP contribution in [0.15, 0.2) is 42.1 Å². The fourth-order valence-electron chi connectivity index (χ4n) is 2.98. The molecule has 180 valence electrons. The van der Waals surface area contributed by atoms with Gasteiger partial charge in [0, 0.05) is 11.4 Å². The quantitative estimate of drug-likeness (QED) is 0.228. The Labute approximate surface area is 205 Å². The van der Waals surface area contributed by atoms with Crippen LogP contribution in [0.4, 0.5) is 9.39 Å². The monoisotopic (exact) mass is 504 g/mol. The van der Waals surface area contributed by atoms with Crippen LogP contribution < -0.4 is 10.1 Å². The molecule has 0 fully saturated rings. The summed E-state index contributed by atoms with van der Waals surface area (Å²) in [5.74, 6) is 0.0226. The van der Waals surface area contributed by atoms with E-state index < -0.39 is 5.97 Å². The third kappa shape index (κ3) is 6.23. The van der Waals surface area contributed by atoms with Crippen molar-refractivity contribution in [3.63, 3.8) is 0 Å². The second-order valence-electron chi connectivity index (χ2n) is 7.09. The minimum absolute atomic E-state index is 0.0619. The van der Waals surface area contributed by atoms with Gasteiger partial charge in [-0.25, -0.2) is 9.18 Å². The van der Waals surface area contributed by atoms with E-state index in [1.165, 1.54) is 47.4 Å². The lowest BCUT2D eigenvalue weighted by Crippen LogP contribution is -2.17.